The first-order valence-electron chi connectivity index (χ1n) is 8.91. The van der Waals surface area contributed by atoms with Crippen molar-refractivity contribution in [1.29, 1.82) is 0 Å². The van der Waals surface area contributed by atoms with E-state index in [2.05, 4.69) is 15.5 Å². The van der Waals surface area contributed by atoms with Gasteiger partial charge in [-0.3, -0.25) is 19.9 Å². The van der Waals surface area contributed by atoms with Crippen molar-refractivity contribution >= 4 is 11.9 Å². The highest BCUT2D eigenvalue weighted by Crippen LogP contribution is 2.19. The molecule has 3 rings (SSSR count). The maximum absolute atomic E-state index is 13.8. The van der Waals surface area contributed by atoms with E-state index in [9.17, 15) is 14.0 Å². The molecule has 2 fully saturated rings. The van der Waals surface area contributed by atoms with Gasteiger partial charge in [0.15, 0.2) is 11.6 Å². The van der Waals surface area contributed by atoms with Crippen molar-refractivity contribution in [3.63, 3.8) is 0 Å². The van der Waals surface area contributed by atoms with Gasteiger partial charge in [-0.25, -0.2) is 9.18 Å². The molecule has 142 valence electrons. The van der Waals surface area contributed by atoms with Gasteiger partial charge in [-0.05, 0) is 30.5 Å². The van der Waals surface area contributed by atoms with Gasteiger partial charge < -0.3 is 10.1 Å². The van der Waals surface area contributed by atoms with E-state index in [1.165, 1.54) is 13.2 Å². The Morgan fingerprint density at radius 1 is 1.19 bits per heavy atom. The maximum Gasteiger partial charge on any atom is 0.321 e. The van der Waals surface area contributed by atoms with Crippen LogP contribution in [-0.4, -0.2) is 67.6 Å². The molecule has 26 heavy (non-hydrogen) atoms. The molecule has 2 N–H and O–H groups in total. The molecule has 1 aromatic rings. The lowest BCUT2D eigenvalue weighted by Gasteiger charge is -2.34. The summed E-state index contributed by atoms with van der Waals surface area (Å²) in [6.45, 7) is 3.91. The summed E-state index contributed by atoms with van der Waals surface area (Å²) in [6, 6.07) is 4.82. The number of carbonyl (C=O) groups is 2. The summed E-state index contributed by atoms with van der Waals surface area (Å²) in [7, 11) is 1.45. The van der Waals surface area contributed by atoms with E-state index in [0.29, 0.717) is 6.54 Å². The topological polar surface area (TPSA) is 73.9 Å². The predicted octanol–water partition coefficient (Wildman–Crippen LogP) is 0.940. The van der Waals surface area contributed by atoms with Crippen molar-refractivity contribution in [2.75, 3.05) is 39.8 Å². The molecule has 7 nitrogen and oxygen atoms in total. The van der Waals surface area contributed by atoms with Crippen molar-refractivity contribution in [2.45, 2.75) is 25.4 Å². The van der Waals surface area contributed by atoms with Crippen molar-refractivity contribution in [3.05, 3.63) is 29.6 Å². The molecule has 0 spiro atoms. The zero-order chi connectivity index (χ0) is 18.5. The highest BCUT2D eigenvalue weighted by atomic mass is 19.1. The number of nitrogens with one attached hydrogen (secondary N) is 2. The number of halogens is 1. The van der Waals surface area contributed by atoms with Crippen LogP contribution in [0.2, 0.25) is 0 Å². The van der Waals surface area contributed by atoms with E-state index in [4.69, 9.17) is 4.74 Å². The number of carbonyl (C=O) groups excluding carboxylic acids is 2. The zero-order valence-corrected chi connectivity index (χ0v) is 15.0. The van der Waals surface area contributed by atoms with Gasteiger partial charge in [0.25, 0.3) is 0 Å². The van der Waals surface area contributed by atoms with Gasteiger partial charge in [0.2, 0.25) is 5.91 Å². The van der Waals surface area contributed by atoms with Gasteiger partial charge in [-0.2, -0.15) is 0 Å². The highest BCUT2D eigenvalue weighted by molar-refractivity contribution is 5.95. The molecule has 1 saturated heterocycles. The van der Waals surface area contributed by atoms with Crippen molar-refractivity contribution in [3.8, 4) is 5.75 Å². The smallest absolute Gasteiger partial charge is 0.321 e. The Hall–Kier alpha value is -2.19. The molecule has 1 aliphatic heterocycles. The second-order valence-corrected chi connectivity index (χ2v) is 6.82. The van der Waals surface area contributed by atoms with Crippen LogP contribution in [0.3, 0.4) is 0 Å². The lowest BCUT2D eigenvalue weighted by molar-refractivity contribution is -0.121. The summed E-state index contributed by atoms with van der Waals surface area (Å²) < 4.78 is 18.7. The molecule has 2 aliphatic rings. The first kappa shape index (κ1) is 18.6. The van der Waals surface area contributed by atoms with Gasteiger partial charge in [0.05, 0.1) is 13.7 Å². The molecular weight excluding hydrogens is 339 g/mol. The highest BCUT2D eigenvalue weighted by Gasteiger charge is 2.25. The molecule has 8 heteroatoms. The Kier molecular flexibility index (Phi) is 6.05. The fourth-order valence-corrected chi connectivity index (χ4v) is 2.99. The summed E-state index contributed by atoms with van der Waals surface area (Å²) in [6.07, 6.45) is 1.98. The summed E-state index contributed by atoms with van der Waals surface area (Å²) in [5.74, 6) is -0.395. The number of imide groups is 1. The molecule has 0 atom stereocenters. The van der Waals surface area contributed by atoms with Crippen LogP contribution in [0.25, 0.3) is 0 Å². The first-order chi connectivity index (χ1) is 12.5. The Labute approximate surface area is 152 Å². The number of hydrogen-bond acceptors (Lipinski definition) is 5. The van der Waals surface area contributed by atoms with Crippen molar-refractivity contribution in [2.24, 2.45) is 0 Å². The van der Waals surface area contributed by atoms with Crippen molar-refractivity contribution < 1.29 is 18.7 Å². The predicted molar refractivity (Wildman–Crippen MR) is 94.4 cm³/mol. The van der Waals surface area contributed by atoms with Gasteiger partial charge in [-0.15, -0.1) is 0 Å². The van der Waals surface area contributed by atoms with Crippen LogP contribution in [0.15, 0.2) is 18.2 Å². The number of nitrogens with zero attached hydrogens (tertiary/aromatic N) is 2. The number of hydrogen-bond donors (Lipinski definition) is 2. The van der Waals surface area contributed by atoms with E-state index in [0.717, 1.165) is 44.6 Å². The second-order valence-electron chi connectivity index (χ2n) is 6.82. The summed E-state index contributed by atoms with van der Waals surface area (Å²) in [4.78, 5) is 27.7. The van der Waals surface area contributed by atoms with Gasteiger partial charge in [0.1, 0.15) is 0 Å². The lowest BCUT2D eigenvalue weighted by atomic mass is 10.2. The van der Waals surface area contributed by atoms with Crippen LogP contribution in [0.4, 0.5) is 9.18 Å². The quantitative estimate of drug-likeness (QED) is 0.786. The van der Waals surface area contributed by atoms with Crippen LogP contribution in [0, 0.1) is 5.82 Å². The summed E-state index contributed by atoms with van der Waals surface area (Å²) >= 11 is 0. The molecule has 0 radical (unpaired) electrons. The standard InChI is InChI=1S/C18H25FN4O3/c1-26-16-5-2-13(10-15(16)19)11-22-6-8-23(9-7-22)12-17(24)21-18(25)20-14-3-4-14/h2,5,10,14H,3-4,6-9,11-12H2,1H3,(H2,20,21,24,25). The Morgan fingerprint density at radius 3 is 2.50 bits per heavy atom. The molecule has 1 aliphatic carbocycles. The Morgan fingerprint density at radius 2 is 1.88 bits per heavy atom. The molecule has 1 saturated carbocycles. The van der Waals surface area contributed by atoms with Crippen molar-refractivity contribution in [1.82, 2.24) is 20.4 Å². The first-order valence-corrected chi connectivity index (χ1v) is 8.91. The molecule has 3 amide bonds. The molecule has 1 aromatic carbocycles. The summed E-state index contributed by atoms with van der Waals surface area (Å²) in [5, 5.41) is 5.10. The third kappa shape index (κ3) is 5.40. The fraction of sp³-hybridized carbons (Fsp3) is 0.556. The van der Waals surface area contributed by atoms with Gasteiger partial charge in [0, 0.05) is 38.8 Å². The number of benzene rings is 1. The van der Waals surface area contributed by atoms with E-state index < -0.39 is 6.03 Å². The molecular formula is C18H25FN4O3. The van der Waals surface area contributed by atoms with Crippen LogP contribution >= 0.6 is 0 Å². The number of ether oxygens (including phenoxy) is 1. The zero-order valence-electron chi connectivity index (χ0n) is 15.0. The second kappa shape index (κ2) is 8.46. The van der Waals surface area contributed by atoms with Crippen LogP contribution < -0.4 is 15.4 Å². The molecule has 0 bridgehead atoms. The number of urea groups is 1. The third-order valence-corrected chi connectivity index (χ3v) is 4.62. The van der Waals surface area contributed by atoms with Crippen LogP contribution in [0.5, 0.6) is 5.75 Å². The minimum atomic E-state index is -0.405. The fourth-order valence-electron chi connectivity index (χ4n) is 2.99. The van der Waals surface area contributed by atoms with Crippen LogP contribution in [0.1, 0.15) is 18.4 Å². The average Bonchev–Trinajstić information content (AvgIpc) is 3.40. The van der Waals surface area contributed by atoms with Gasteiger partial charge in [-0.1, -0.05) is 6.07 Å². The average molecular weight is 364 g/mol. The Balaban J connectivity index is 1.38. The number of methoxy groups -OCH3 is 1. The van der Waals surface area contributed by atoms with E-state index in [1.54, 1.807) is 6.07 Å². The maximum atomic E-state index is 13.8. The van der Waals surface area contributed by atoms with E-state index in [1.807, 2.05) is 11.0 Å². The number of amides is 3. The van der Waals surface area contributed by atoms with Crippen LogP contribution in [-0.2, 0) is 11.3 Å². The minimum absolute atomic E-state index is 0.211. The molecule has 1 heterocycles. The SMILES string of the molecule is COc1ccc(CN2CCN(CC(=O)NC(=O)NC3CC3)CC2)cc1F. The molecule has 0 unspecified atom stereocenters. The lowest BCUT2D eigenvalue weighted by Crippen LogP contribution is -2.50. The number of rotatable bonds is 6. The monoisotopic (exact) mass is 364 g/mol. The normalized spacial score (nSPS) is 18.4. The largest absolute Gasteiger partial charge is 0.494 e. The van der Waals surface area contributed by atoms with E-state index >= 15 is 0 Å². The Bertz CT molecular complexity index is 658. The number of piperazine rings is 1. The molecule has 0 aromatic heterocycles. The summed E-state index contributed by atoms with van der Waals surface area (Å²) in [5.41, 5.74) is 0.895. The van der Waals surface area contributed by atoms with E-state index in [-0.39, 0.29) is 30.1 Å². The third-order valence-electron chi connectivity index (χ3n) is 4.62. The minimum Gasteiger partial charge on any atom is -0.494 e. The van der Waals surface area contributed by atoms with Gasteiger partial charge >= 0.3 is 6.03 Å².